The lowest BCUT2D eigenvalue weighted by atomic mass is 10.5. The third-order valence-corrected chi connectivity index (χ3v) is 2.01. The molecule has 1 nitrogen and oxygen atoms in total. The first-order valence-electron chi connectivity index (χ1n) is 3.16. The lowest BCUT2D eigenvalue weighted by molar-refractivity contribution is 0.255. The van der Waals surface area contributed by atoms with Crippen LogP contribution in [-0.2, 0) is 4.43 Å². The summed E-state index contributed by atoms with van der Waals surface area (Å²) in [7, 11) is 0.713. The Labute approximate surface area is 54.4 Å². The van der Waals surface area contributed by atoms with Crippen LogP contribution in [0.3, 0.4) is 0 Å². The van der Waals surface area contributed by atoms with Crippen LogP contribution in [0.5, 0.6) is 0 Å². The zero-order valence-corrected chi connectivity index (χ0v) is 6.90. The minimum absolute atomic E-state index is 0.417. The molecule has 2 radical (unpaired) electrons. The molecular weight excluding hydrogens is 116 g/mol. The topological polar surface area (TPSA) is 9.23 Å². The Morgan fingerprint density at radius 1 is 1.50 bits per heavy atom. The van der Waals surface area contributed by atoms with Gasteiger partial charge in [-0.15, -0.1) is 0 Å². The summed E-state index contributed by atoms with van der Waals surface area (Å²) >= 11 is 0. The minimum atomic E-state index is 0.417. The summed E-state index contributed by atoms with van der Waals surface area (Å²) < 4.78 is 5.31. The first-order chi connectivity index (χ1) is 3.77. The van der Waals surface area contributed by atoms with Gasteiger partial charge >= 0.3 is 0 Å². The van der Waals surface area contributed by atoms with Gasteiger partial charge < -0.3 is 4.43 Å². The van der Waals surface area contributed by atoms with Gasteiger partial charge in [-0.05, 0) is 19.9 Å². The Bertz CT molecular complexity index is 45.8. The zero-order chi connectivity index (χ0) is 6.41. The molecular formula is C6H14OSi. The van der Waals surface area contributed by atoms with E-state index in [1.807, 2.05) is 0 Å². The average molecular weight is 130 g/mol. The fraction of sp³-hybridized carbons (Fsp3) is 1.00. The van der Waals surface area contributed by atoms with Gasteiger partial charge in [-0.25, -0.2) is 0 Å². The van der Waals surface area contributed by atoms with E-state index in [9.17, 15) is 0 Å². The Hall–Kier alpha value is 0.177. The summed E-state index contributed by atoms with van der Waals surface area (Å²) in [6.07, 6.45) is 1.66. The van der Waals surface area contributed by atoms with Crippen LogP contribution in [0.2, 0.25) is 6.04 Å². The molecule has 0 atom stereocenters. The molecule has 8 heavy (non-hydrogen) atoms. The highest BCUT2D eigenvalue weighted by atomic mass is 28.2. The SMILES string of the molecule is CCC[Si]OC(C)C. The van der Waals surface area contributed by atoms with E-state index in [4.69, 9.17) is 4.43 Å². The first kappa shape index (κ1) is 8.18. The van der Waals surface area contributed by atoms with E-state index in [2.05, 4.69) is 20.8 Å². The fourth-order valence-electron chi connectivity index (χ4n) is 0.328. The summed E-state index contributed by atoms with van der Waals surface area (Å²) in [6, 6.07) is 1.22. The largest absolute Gasteiger partial charge is 0.415 e. The smallest absolute Gasteiger partial charge is 0.230 e. The lowest BCUT2D eigenvalue weighted by Crippen LogP contribution is -2.05. The second kappa shape index (κ2) is 5.32. The van der Waals surface area contributed by atoms with Crippen LogP contribution in [0, 0.1) is 0 Å². The Balaban J connectivity index is 2.72. The molecule has 0 rings (SSSR count). The maximum absolute atomic E-state index is 5.31. The van der Waals surface area contributed by atoms with Gasteiger partial charge in [-0.1, -0.05) is 13.3 Å². The molecule has 0 unspecified atom stereocenters. The molecule has 0 aromatic heterocycles. The van der Waals surface area contributed by atoms with Gasteiger partial charge in [0.15, 0.2) is 0 Å². The summed E-state index contributed by atoms with van der Waals surface area (Å²) in [6.45, 7) is 6.32. The maximum Gasteiger partial charge on any atom is 0.230 e. The van der Waals surface area contributed by atoms with Crippen molar-refractivity contribution >= 4 is 9.76 Å². The van der Waals surface area contributed by atoms with Crippen molar-refractivity contribution < 1.29 is 4.43 Å². The third-order valence-electron chi connectivity index (χ3n) is 0.671. The zero-order valence-electron chi connectivity index (χ0n) is 5.90. The van der Waals surface area contributed by atoms with Crippen LogP contribution < -0.4 is 0 Å². The van der Waals surface area contributed by atoms with Gasteiger partial charge in [0.2, 0.25) is 9.76 Å². The predicted molar refractivity (Wildman–Crippen MR) is 37.1 cm³/mol. The van der Waals surface area contributed by atoms with E-state index in [1.165, 1.54) is 12.5 Å². The van der Waals surface area contributed by atoms with Crippen molar-refractivity contribution in [3.63, 3.8) is 0 Å². The highest BCUT2D eigenvalue weighted by molar-refractivity contribution is 6.27. The third kappa shape index (κ3) is 6.18. The average Bonchev–Trinajstić information content (AvgIpc) is 1.66. The van der Waals surface area contributed by atoms with Crippen LogP contribution >= 0.6 is 0 Å². The highest BCUT2D eigenvalue weighted by Crippen LogP contribution is 1.90. The van der Waals surface area contributed by atoms with Gasteiger partial charge in [-0.2, -0.15) is 0 Å². The molecule has 0 aromatic carbocycles. The summed E-state index contributed by atoms with van der Waals surface area (Å²) in [5, 5.41) is 0. The van der Waals surface area contributed by atoms with E-state index >= 15 is 0 Å². The summed E-state index contributed by atoms with van der Waals surface area (Å²) in [5.41, 5.74) is 0. The first-order valence-corrected chi connectivity index (χ1v) is 4.27. The van der Waals surface area contributed by atoms with Crippen molar-refractivity contribution in [1.82, 2.24) is 0 Å². The molecule has 0 spiro atoms. The predicted octanol–water partition coefficient (Wildman–Crippen LogP) is 1.86. The van der Waals surface area contributed by atoms with Gasteiger partial charge in [-0.3, -0.25) is 0 Å². The molecule has 0 aliphatic carbocycles. The number of hydrogen-bond donors (Lipinski definition) is 0. The van der Waals surface area contributed by atoms with Crippen LogP contribution in [0.15, 0.2) is 0 Å². The van der Waals surface area contributed by atoms with Gasteiger partial charge in [0.05, 0.1) is 0 Å². The van der Waals surface area contributed by atoms with E-state index in [-0.39, 0.29) is 0 Å². The molecule has 0 fully saturated rings. The number of hydrogen-bond acceptors (Lipinski definition) is 1. The quantitative estimate of drug-likeness (QED) is 0.417. The highest BCUT2D eigenvalue weighted by Gasteiger charge is 1.91. The molecule has 0 aliphatic heterocycles. The normalized spacial score (nSPS) is 10.5. The van der Waals surface area contributed by atoms with Crippen LogP contribution in [0.25, 0.3) is 0 Å². The van der Waals surface area contributed by atoms with Crippen molar-refractivity contribution in [2.45, 2.75) is 39.3 Å². The van der Waals surface area contributed by atoms with Gasteiger partial charge in [0, 0.05) is 6.10 Å². The van der Waals surface area contributed by atoms with E-state index in [1.54, 1.807) is 0 Å². The second-order valence-electron chi connectivity index (χ2n) is 2.06. The van der Waals surface area contributed by atoms with E-state index < -0.39 is 0 Å². The van der Waals surface area contributed by atoms with Crippen LogP contribution in [-0.4, -0.2) is 15.9 Å². The van der Waals surface area contributed by atoms with Crippen LogP contribution in [0.1, 0.15) is 27.2 Å². The minimum Gasteiger partial charge on any atom is -0.415 e. The summed E-state index contributed by atoms with van der Waals surface area (Å²) in [5.74, 6) is 0. The van der Waals surface area contributed by atoms with Crippen molar-refractivity contribution in [2.75, 3.05) is 0 Å². The number of rotatable bonds is 4. The van der Waals surface area contributed by atoms with Crippen molar-refractivity contribution in [3.8, 4) is 0 Å². The molecule has 0 aromatic rings. The molecule has 0 saturated heterocycles. The molecule has 48 valence electrons. The van der Waals surface area contributed by atoms with Crippen molar-refractivity contribution in [3.05, 3.63) is 0 Å². The Morgan fingerprint density at radius 3 is 2.50 bits per heavy atom. The molecule has 0 amide bonds. The monoisotopic (exact) mass is 130 g/mol. The molecule has 2 heteroatoms. The van der Waals surface area contributed by atoms with Crippen molar-refractivity contribution in [1.29, 1.82) is 0 Å². The molecule has 0 bridgehead atoms. The van der Waals surface area contributed by atoms with Gasteiger partial charge in [0.1, 0.15) is 0 Å². The molecule has 0 N–H and O–H groups in total. The lowest BCUT2D eigenvalue weighted by Gasteiger charge is -2.03. The molecule has 0 saturated carbocycles. The van der Waals surface area contributed by atoms with Crippen molar-refractivity contribution in [2.24, 2.45) is 0 Å². The molecule has 0 aliphatic rings. The Kier molecular flexibility index (Phi) is 5.43. The van der Waals surface area contributed by atoms with E-state index in [0.717, 1.165) is 0 Å². The van der Waals surface area contributed by atoms with E-state index in [0.29, 0.717) is 15.9 Å². The van der Waals surface area contributed by atoms with Gasteiger partial charge in [0.25, 0.3) is 0 Å². The van der Waals surface area contributed by atoms with Crippen LogP contribution in [0.4, 0.5) is 0 Å². The maximum atomic E-state index is 5.31. The Morgan fingerprint density at radius 2 is 2.12 bits per heavy atom. The summed E-state index contributed by atoms with van der Waals surface area (Å²) in [4.78, 5) is 0. The fourth-order valence-corrected chi connectivity index (χ4v) is 0.983. The standard InChI is InChI=1S/C6H14OSi/c1-4-5-8-7-6(2)3/h6H,4-5H2,1-3H3. The molecule has 0 heterocycles. The second-order valence-corrected chi connectivity index (χ2v) is 3.09.